The Labute approximate surface area is 168 Å². The van der Waals surface area contributed by atoms with Crippen molar-refractivity contribution in [3.8, 4) is 17.5 Å². The molecule has 0 spiro atoms. The average Bonchev–Trinajstić information content (AvgIpc) is 3.36. The zero-order valence-corrected chi connectivity index (χ0v) is 16.3. The predicted octanol–water partition coefficient (Wildman–Crippen LogP) is 1.58. The lowest BCUT2D eigenvalue weighted by Gasteiger charge is -2.12. The third kappa shape index (κ3) is 4.52. The summed E-state index contributed by atoms with van der Waals surface area (Å²) >= 11 is 0. The van der Waals surface area contributed by atoms with Gasteiger partial charge in [0.2, 0.25) is 0 Å². The van der Waals surface area contributed by atoms with Gasteiger partial charge in [-0.3, -0.25) is 4.79 Å². The lowest BCUT2D eigenvalue weighted by molar-refractivity contribution is 0.0941. The van der Waals surface area contributed by atoms with E-state index >= 15 is 0 Å². The van der Waals surface area contributed by atoms with Crippen LogP contribution in [0.2, 0.25) is 0 Å². The second kappa shape index (κ2) is 7.89. The van der Waals surface area contributed by atoms with Crippen molar-refractivity contribution in [3.63, 3.8) is 0 Å². The van der Waals surface area contributed by atoms with Crippen LogP contribution in [0.1, 0.15) is 28.0 Å². The van der Waals surface area contributed by atoms with Crippen LogP contribution >= 0.6 is 0 Å². The van der Waals surface area contributed by atoms with Crippen LogP contribution in [0.15, 0.2) is 61.1 Å². The van der Waals surface area contributed by atoms with Gasteiger partial charge in [-0.2, -0.15) is 5.10 Å². The summed E-state index contributed by atoms with van der Waals surface area (Å²) in [4.78, 5) is 16.8. The van der Waals surface area contributed by atoms with Crippen molar-refractivity contribution >= 4 is 15.7 Å². The maximum absolute atomic E-state index is 12.6. The summed E-state index contributed by atoms with van der Waals surface area (Å²) in [7, 11) is -3.06. The summed E-state index contributed by atoms with van der Waals surface area (Å²) in [6.07, 6.45) is 5.56. The van der Waals surface area contributed by atoms with Crippen LogP contribution in [0.4, 0.5) is 0 Å². The first-order chi connectivity index (χ1) is 14.0. The molecule has 146 valence electrons. The van der Waals surface area contributed by atoms with E-state index in [4.69, 9.17) is 0 Å². The second-order valence-electron chi connectivity index (χ2n) is 6.72. The molecule has 1 amide bonds. The minimum absolute atomic E-state index is 0.0174. The number of amides is 1. The van der Waals surface area contributed by atoms with Gasteiger partial charge in [-0.25, -0.2) is 18.1 Å². The summed E-state index contributed by atoms with van der Waals surface area (Å²) in [6.45, 7) is 0. The van der Waals surface area contributed by atoms with Crippen LogP contribution in [0.3, 0.4) is 0 Å². The molecular formula is C21H18N4O3S. The lowest BCUT2D eigenvalue weighted by atomic mass is 10.1. The molecule has 1 atom stereocenters. The monoisotopic (exact) mass is 406 g/mol. The van der Waals surface area contributed by atoms with Gasteiger partial charge in [-0.15, -0.1) is 0 Å². The molecule has 8 heteroatoms. The van der Waals surface area contributed by atoms with E-state index in [0.29, 0.717) is 23.2 Å². The fourth-order valence-electron chi connectivity index (χ4n) is 3.13. The van der Waals surface area contributed by atoms with Gasteiger partial charge in [-0.05, 0) is 48.7 Å². The highest BCUT2D eigenvalue weighted by molar-refractivity contribution is 7.91. The molecule has 0 radical (unpaired) electrons. The van der Waals surface area contributed by atoms with Crippen molar-refractivity contribution in [1.82, 2.24) is 20.1 Å². The number of nitrogens with one attached hydrogen (secondary N) is 1. The molecule has 3 aromatic rings. The van der Waals surface area contributed by atoms with Crippen LogP contribution < -0.4 is 5.32 Å². The number of carbonyl (C=O) groups excluding carboxylic acids is 1. The Morgan fingerprint density at radius 1 is 1.14 bits per heavy atom. The maximum atomic E-state index is 12.6. The Balaban J connectivity index is 1.64. The van der Waals surface area contributed by atoms with Gasteiger partial charge in [0.1, 0.15) is 5.69 Å². The zero-order valence-electron chi connectivity index (χ0n) is 15.4. The third-order valence-electron chi connectivity index (χ3n) is 4.57. The van der Waals surface area contributed by atoms with E-state index in [9.17, 15) is 13.2 Å². The Morgan fingerprint density at radius 3 is 2.72 bits per heavy atom. The van der Waals surface area contributed by atoms with E-state index in [1.807, 2.05) is 12.1 Å². The van der Waals surface area contributed by atoms with Gasteiger partial charge in [0, 0.05) is 30.2 Å². The number of hydrogen-bond donors (Lipinski definition) is 1. The number of aromatic nitrogens is 3. The highest BCUT2D eigenvalue weighted by atomic mass is 32.2. The van der Waals surface area contributed by atoms with Gasteiger partial charge in [0.15, 0.2) is 9.84 Å². The second-order valence-corrected chi connectivity index (χ2v) is 8.95. The number of hydrogen-bond acceptors (Lipinski definition) is 5. The van der Waals surface area contributed by atoms with Gasteiger partial charge >= 0.3 is 0 Å². The summed E-state index contributed by atoms with van der Waals surface area (Å²) in [5.74, 6) is 5.84. The Morgan fingerprint density at radius 2 is 2.03 bits per heavy atom. The first-order valence-corrected chi connectivity index (χ1v) is 10.9. The Kier molecular flexibility index (Phi) is 5.14. The molecule has 3 heterocycles. The van der Waals surface area contributed by atoms with Crippen molar-refractivity contribution in [2.45, 2.75) is 12.5 Å². The van der Waals surface area contributed by atoms with Crippen molar-refractivity contribution in [3.05, 3.63) is 77.9 Å². The van der Waals surface area contributed by atoms with E-state index in [-0.39, 0.29) is 23.5 Å². The molecule has 4 rings (SSSR count). The smallest absolute Gasteiger partial charge is 0.251 e. The molecule has 7 nitrogen and oxygen atoms in total. The van der Waals surface area contributed by atoms with Gasteiger partial charge in [0.05, 0.1) is 22.8 Å². The van der Waals surface area contributed by atoms with Crippen LogP contribution in [0.5, 0.6) is 0 Å². The van der Waals surface area contributed by atoms with E-state index in [2.05, 4.69) is 27.2 Å². The van der Waals surface area contributed by atoms with Crippen LogP contribution in [0.25, 0.3) is 5.69 Å². The third-order valence-corrected chi connectivity index (χ3v) is 6.34. The Hall–Kier alpha value is -3.44. The summed E-state index contributed by atoms with van der Waals surface area (Å²) in [5.41, 5.74) is 2.38. The first-order valence-electron chi connectivity index (χ1n) is 9.09. The topological polar surface area (TPSA) is 94.0 Å². The standard InChI is InChI=1S/C21H18N4O3S/c26-21(24-19-9-13-29(27,28)15-19)17-6-8-20(25-12-3-11-23-25)16(14-17)5-7-18-4-1-2-10-22-18/h1-4,6,8,10-12,14,19H,9,13,15H2,(H,24,26)/t19-/m1/s1. The predicted molar refractivity (Wildman–Crippen MR) is 108 cm³/mol. The molecule has 1 saturated heterocycles. The molecule has 0 saturated carbocycles. The summed E-state index contributed by atoms with van der Waals surface area (Å²) < 4.78 is 24.9. The minimum atomic E-state index is -3.06. The molecule has 1 fully saturated rings. The number of sulfone groups is 1. The van der Waals surface area contributed by atoms with E-state index in [1.54, 1.807) is 53.6 Å². The molecule has 29 heavy (non-hydrogen) atoms. The summed E-state index contributed by atoms with van der Waals surface area (Å²) in [6, 6.07) is 12.1. The van der Waals surface area contributed by atoms with Crippen LogP contribution in [-0.4, -0.2) is 46.6 Å². The van der Waals surface area contributed by atoms with Crippen molar-refractivity contribution in [2.24, 2.45) is 0 Å². The summed E-state index contributed by atoms with van der Waals surface area (Å²) in [5, 5.41) is 7.05. The highest BCUT2D eigenvalue weighted by Crippen LogP contribution is 2.17. The van der Waals surface area contributed by atoms with Crippen molar-refractivity contribution in [1.29, 1.82) is 0 Å². The number of pyridine rings is 1. The van der Waals surface area contributed by atoms with E-state index < -0.39 is 9.84 Å². The molecule has 1 aliphatic rings. The fourth-order valence-corrected chi connectivity index (χ4v) is 4.81. The molecule has 1 aliphatic heterocycles. The average molecular weight is 406 g/mol. The van der Waals surface area contributed by atoms with Crippen molar-refractivity contribution < 1.29 is 13.2 Å². The van der Waals surface area contributed by atoms with Gasteiger partial charge in [-0.1, -0.05) is 12.0 Å². The maximum Gasteiger partial charge on any atom is 0.251 e. The molecule has 0 unspecified atom stereocenters. The largest absolute Gasteiger partial charge is 0.348 e. The normalized spacial score (nSPS) is 17.3. The minimum Gasteiger partial charge on any atom is -0.348 e. The Bertz CT molecular complexity index is 1190. The first kappa shape index (κ1) is 18.9. The fraction of sp³-hybridized carbons (Fsp3) is 0.190. The van der Waals surface area contributed by atoms with Crippen LogP contribution in [-0.2, 0) is 9.84 Å². The van der Waals surface area contributed by atoms with Gasteiger partial charge < -0.3 is 5.32 Å². The zero-order chi connectivity index (χ0) is 20.3. The molecule has 1 aromatic carbocycles. The molecular weight excluding hydrogens is 388 g/mol. The van der Waals surface area contributed by atoms with E-state index in [0.717, 1.165) is 5.69 Å². The number of carbonyl (C=O) groups is 1. The molecule has 0 aliphatic carbocycles. The quantitative estimate of drug-likeness (QED) is 0.667. The van der Waals surface area contributed by atoms with Gasteiger partial charge in [0.25, 0.3) is 5.91 Å². The lowest BCUT2D eigenvalue weighted by Crippen LogP contribution is -2.35. The molecule has 2 aromatic heterocycles. The number of nitrogens with zero attached hydrogens (tertiary/aromatic N) is 3. The highest BCUT2D eigenvalue weighted by Gasteiger charge is 2.29. The SMILES string of the molecule is O=C(N[C@@H]1CCS(=O)(=O)C1)c1ccc(-n2cccn2)c(C#Cc2ccccn2)c1. The number of benzene rings is 1. The molecule has 1 N–H and O–H groups in total. The van der Waals surface area contributed by atoms with Crippen molar-refractivity contribution in [2.75, 3.05) is 11.5 Å². The molecule has 0 bridgehead atoms. The van der Waals surface area contributed by atoms with E-state index in [1.165, 1.54) is 0 Å². The number of rotatable bonds is 3. The van der Waals surface area contributed by atoms with Crippen LogP contribution in [0, 0.1) is 11.8 Å².